The van der Waals surface area contributed by atoms with Gasteiger partial charge < -0.3 is 5.11 Å². The first-order chi connectivity index (χ1) is 9.44. The molecule has 0 aromatic heterocycles. The smallest absolute Gasteiger partial charge is 0.301 e. The number of hydrogen-bond acceptors (Lipinski definition) is 3. The first kappa shape index (κ1) is 16.8. The van der Waals surface area contributed by atoms with Crippen molar-refractivity contribution in [2.75, 3.05) is 24.4 Å². The van der Waals surface area contributed by atoms with Crippen molar-refractivity contribution in [1.82, 2.24) is 4.31 Å². The van der Waals surface area contributed by atoms with Gasteiger partial charge in [-0.05, 0) is 18.2 Å². The molecule has 0 aliphatic rings. The van der Waals surface area contributed by atoms with Crippen molar-refractivity contribution >= 4 is 27.5 Å². The van der Waals surface area contributed by atoms with Gasteiger partial charge in [0, 0.05) is 23.7 Å². The molecule has 0 heterocycles. The molecule has 0 amide bonds. The highest BCUT2D eigenvalue weighted by Gasteiger charge is 2.19. The fraction of sp³-hybridized carbons (Fsp3) is 0.385. The zero-order valence-electron chi connectivity index (χ0n) is 11.4. The Bertz CT molecular complexity index is 616. The number of nitrogens with one attached hydrogen (secondary N) is 1. The molecule has 0 unspecified atom stereocenters. The van der Waals surface area contributed by atoms with E-state index >= 15 is 0 Å². The number of hydrogen-bond donors (Lipinski definition) is 2. The van der Waals surface area contributed by atoms with E-state index in [0.29, 0.717) is 29.4 Å². The number of benzene rings is 1. The van der Waals surface area contributed by atoms with Crippen molar-refractivity contribution in [3.8, 4) is 11.8 Å². The number of halogens is 1. The molecule has 1 rings (SSSR count). The van der Waals surface area contributed by atoms with Crippen LogP contribution in [0.1, 0.15) is 19.4 Å². The van der Waals surface area contributed by atoms with Crippen molar-refractivity contribution in [2.24, 2.45) is 0 Å². The zero-order valence-corrected chi connectivity index (χ0v) is 12.9. The lowest BCUT2D eigenvalue weighted by molar-refractivity contribution is 0.350. The fourth-order valence-corrected chi connectivity index (χ4v) is 3.04. The monoisotopic (exact) mass is 316 g/mol. The Morgan fingerprint density at radius 3 is 2.55 bits per heavy atom. The predicted octanol–water partition coefficient (Wildman–Crippen LogP) is 1.68. The third kappa shape index (κ3) is 4.39. The summed E-state index contributed by atoms with van der Waals surface area (Å²) < 4.78 is 28.1. The third-order valence-corrected chi connectivity index (χ3v) is 4.48. The van der Waals surface area contributed by atoms with Gasteiger partial charge in [-0.25, -0.2) is 0 Å². The van der Waals surface area contributed by atoms with Crippen LogP contribution in [0.25, 0.3) is 0 Å². The number of anilines is 1. The lowest BCUT2D eigenvalue weighted by Crippen LogP contribution is -2.35. The van der Waals surface area contributed by atoms with Crippen LogP contribution in [0, 0.1) is 11.8 Å². The summed E-state index contributed by atoms with van der Waals surface area (Å²) in [4.78, 5) is 0. The highest BCUT2D eigenvalue weighted by Crippen LogP contribution is 2.22. The maximum Gasteiger partial charge on any atom is 0.301 e. The second kappa shape index (κ2) is 7.50. The highest BCUT2D eigenvalue weighted by atomic mass is 35.5. The minimum absolute atomic E-state index is 0.297. The van der Waals surface area contributed by atoms with E-state index in [0.717, 1.165) is 0 Å². The van der Waals surface area contributed by atoms with Gasteiger partial charge >= 0.3 is 10.2 Å². The first-order valence-electron chi connectivity index (χ1n) is 6.11. The summed E-state index contributed by atoms with van der Waals surface area (Å²) in [5.41, 5.74) is 0.754. The molecule has 0 saturated carbocycles. The third-order valence-electron chi connectivity index (χ3n) is 2.57. The molecule has 20 heavy (non-hydrogen) atoms. The minimum atomic E-state index is -3.65. The summed E-state index contributed by atoms with van der Waals surface area (Å²) in [5, 5.41) is 9.12. The Balaban J connectivity index is 3.16. The second-order valence-corrected chi connectivity index (χ2v) is 5.95. The molecule has 1 aromatic rings. The Kier molecular flexibility index (Phi) is 6.30. The summed E-state index contributed by atoms with van der Waals surface area (Å²) in [6, 6.07) is 4.70. The van der Waals surface area contributed by atoms with E-state index < -0.39 is 10.2 Å². The number of aliphatic hydroxyl groups excluding tert-OH is 1. The molecule has 2 N–H and O–H groups in total. The van der Waals surface area contributed by atoms with Gasteiger partial charge in [0.15, 0.2) is 0 Å². The largest absolute Gasteiger partial charge is 0.384 e. The molecular weight excluding hydrogens is 300 g/mol. The van der Waals surface area contributed by atoms with Crippen LogP contribution >= 0.6 is 11.6 Å². The van der Waals surface area contributed by atoms with Crippen LogP contribution in [-0.2, 0) is 10.2 Å². The molecular formula is C13H17ClN2O3S. The van der Waals surface area contributed by atoms with Gasteiger partial charge in [0.05, 0.1) is 5.69 Å². The molecule has 0 fully saturated rings. The molecule has 110 valence electrons. The molecule has 0 aliphatic heterocycles. The molecule has 5 nitrogen and oxygen atoms in total. The maximum absolute atomic E-state index is 12.2. The van der Waals surface area contributed by atoms with Gasteiger partial charge in [0.1, 0.15) is 6.61 Å². The SMILES string of the molecule is CCN(CC)S(=O)(=O)Nc1cc(Cl)ccc1C#CCO. The number of aliphatic hydroxyl groups is 1. The van der Waals surface area contributed by atoms with Crippen molar-refractivity contribution < 1.29 is 13.5 Å². The van der Waals surface area contributed by atoms with Crippen LogP contribution < -0.4 is 4.72 Å². The molecule has 0 atom stereocenters. The van der Waals surface area contributed by atoms with Crippen LogP contribution in [0.15, 0.2) is 18.2 Å². The molecule has 0 radical (unpaired) electrons. The Labute approximate surface area is 124 Å². The van der Waals surface area contributed by atoms with Crippen molar-refractivity contribution in [3.63, 3.8) is 0 Å². The zero-order chi connectivity index (χ0) is 15.2. The van der Waals surface area contributed by atoms with E-state index in [4.69, 9.17) is 16.7 Å². The average molecular weight is 317 g/mol. The second-order valence-electron chi connectivity index (χ2n) is 3.84. The first-order valence-corrected chi connectivity index (χ1v) is 7.93. The van der Waals surface area contributed by atoms with Gasteiger partial charge in [0.2, 0.25) is 0 Å². The van der Waals surface area contributed by atoms with Gasteiger partial charge in [-0.1, -0.05) is 37.3 Å². The van der Waals surface area contributed by atoms with Gasteiger partial charge in [-0.3, -0.25) is 4.72 Å². The summed E-state index contributed by atoms with van der Waals surface area (Å²) >= 11 is 5.88. The maximum atomic E-state index is 12.2. The van der Waals surface area contributed by atoms with Crippen molar-refractivity contribution in [2.45, 2.75) is 13.8 Å². The Morgan fingerprint density at radius 1 is 1.35 bits per heavy atom. The van der Waals surface area contributed by atoms with E-state index in [1.807, 2.05) is 0 Å². The summed E-state index contributed by atoms with van der Waals surface area (Å²) in [5.74, 6) is 5.16. The highest BCUT2D eigenvalue weighted by molar-refractivity contribution is 7.90. The Morgan fingerprint density at radius 2 is 2.00 bits per heavy atom. The Hall–Kier alpha value is -1.26. The summed E-state index contributed by atoms with van der Waals surface area (Å²) in [6.07, 6.45) is 0. The number of rotatable bonds is 5. The van der Waals surface area contributed by atoms with E-state index in [1.165, 1.54) is 10.4 Å². The van der Waals surface area contributed by atoms with Crippen LogP contribution in [0.4, 0.5) is 5.69 Å². The van der Waals surface area contributed by atoms with Crippen molar-refractivity contribution in [1.29, 1.82) is 0 Å². The standard InChI is InChI=1S/C13H17ClN2O3S/c1-3-16(4-2)20(18,19)15-13-10-12(14)8-7-11(13)6-5-9-17/h7-8,10,15,17H,3-4,9H2,1-2H3. The molecule has 0 spiro atoms. The molecule has 7 heteroatoms. The van der Waals surface area contributed by atoms with Gasteiger partial charge in [0.25, 0.3) is 0 Å². The summed E-state index contributed by atoms with van der Waals surface area (Å²) in [7, 11) is -3.65. The molecule has 1 aromatic carbocycles. The van der Waals surface area contributed by atoms with Crippen LogP contribution in [-0.4, -0.2) is 37.5 Å². The van der Waals surface area contributed by atoms with Crippen molar-refractivity contribution in [3.05, 3.63) is 28.8 Å². The molecule has 0 saturated heterocycles. The van der Waals surface area contributed by atoms with E-state index in [9.17, 15) is 8.42 Å². The van der Waals surface area contributed by atoms with Gasteiger partial charge in [-0.15, -0.1) is 0 Å². The fourth-order valence-electron chi connectivity index (χ4n) is 1.61. The average Bonchev–Trinajstić information content (AvgIpc) is 2.38. The van der Waals surface area contributed by atoms with E-state index in [-0.39, 0.29) is 6.61 Å². The topological polar surface area (TPSA) is 69.6 Å². The van der Waals surface area contributed by atoms with Crippen LogP contribution in [0.3, 0.4) is 0 Å². The van der Waals surface area contributed by atoms with Crippen LogP contribution in [0.5, 0.6) is 0 Å². The lowest BCUT2D eigenvalue weighted by Gasteiger charge is -2.20. The van der Waals surface area contributed by atoms with E-state index in [2.05, 4.69) is 16.6 Å². The number of nitrogens with zero attached hydrogens (tertiary/aromatic N) is 1. The van der Waals surface area contributed by atoms with Gasteiger partial charge in [-0.2, -0.15) is 12.7 Å². The normalized spacial score (nSPS) is 11.1. The molecule has 0 bridgehead atoms. The van der Waals surface area contributed by atoms with E-state index in [1.54, 1.807) is 26.0 Å². The van der Waals surface area contributed by atoms with Crippen LogP contribution in [0.2, 0.25) is 5.02 Å². The predicted molar refractivity (Wildman–Crippen MR) is 80.9 cm³/mol. The quantitative estimate of drug-likeness (QED) is 0.812. The minimum Gasteiger partial charge on any atom is -0.384 e. The summed E-state index contributed by atoms with van der Waals surface area (Å²) in [6.45, 7) is 3.94. The lowest BCUT2D eigenvalue weighted by atomic mass is 10.2. The molecule has 0 aliphatic carbocycles.